The minimum absolute atomic E-state index is 0.0476. The predicted molar refractivity (Wildman–Crippen MR) is 138 cm³/mol. The number of methoxy groups -OCH3 is 1. The molecule has 3 fully saturated rings. The minimum Gasteiger partial charge on any atom is -0.462 e. The molecule has 0 aromatic rings. The zero-order valence-electron chi connectivity index (χ0n) is 23.2. The highest BCUT2D eigenvalue weighted by molar-refractivity contribution is 5.80. The van der Waals surface area contributed by atoms with E-state index in [1.54, 1.807) is 7.11 Å². The molecule has 37 heavy (non-hydrogen) atoms. The molecule has 0 radical (unpaired) electrons. The van der Waals surface area contributed by atoms with Gasteiger partial charge in [0.25, 0.3) is 0 Å². The fourth-order valence-electron chi connectivity index (χ4n) is 6.06. The average molecular weight is 525 g/mol. The second-order valence-electron chi connectivity index (χ2n) is 11.2. The van der Waals surface area contributed by atoms with Crippen molar-refractivity contribution in [2.75, 3.05) is 7.11 Å². The lowest BCUT2D eigenvalue weighted by Crippen LogP contribution is -2.47. The zero-order chi connectivity index (χ0) is 26.7. The van der Waals surface area contributed by atoms with E-state index in [1.165, 1.54) is 64.7 Å². The SMILES string of the molecule is CCCCCCCCCCCCCC(CC1CC(=O)CC2(CC3OC(=O)CC(OC)C3O2)O1)OC(C)=O. The second kappa shape index (κ2) is 15.2. The molecule has 1 spiro atoms. The minimum atomic E-state index is -1.12. The van der Waals surface area contributed by atoms with E-state index < -0.39 is 30.2 Å². The molecule has 3 aliphatic heterocycles. The van der Waals surface area contributed by atoms with E-state index in [0.29, 0.717) is 12.8 Å². The van der Waals surface area contributed by atoms with Crippen molar-refractivity contribution >= 4 is 17.7 Å². The van der Waals surface area contributed by atoms with Crippen LogP contribution in [0.1, 0.15) is 123 Å². The molecule has 0 aromatic carbocycles. The van der Waals surface area contributed by atoms with Crippen LogP contribution in [-0.4, -0.2) is 61.1 Å². The first-order valence-electron chi connectivity index (χ1n) is 14.6. The molecular formula is C29H48O8. The summed E-state index contributed by atoms with van der Waals surface area (Å²) < 4.78 is 29.2. The van der Waals surface area contributed by atoms with Gasteiger partial charge in [0.05, 0.1) is 25.0 Å². The van der Waals surface area contributed by atoms with Crippen molar-refractivity contribution in [2.24, 2.45) is 0 Å². The predicted octanol–water partition coefficient (Wildman–Crippen LogP) is 5.57. The lowest BCUT2D eigenvalue weighted by molar-refractivity contribution is -0.275. The van der Waals surface area contributed by atoms with Crippen LogP contribution >= 0.6 is 0 Å². The van der Waals surface area contributed by atoms with Crippen LogP contribution in [-0.2, 0) is 38.1 Å². The van der Waals surface area contributed by atoms with Gasteiger partial charge in [-0.3, -0.25) is 14.4 Å². The molecule has 0 aromatic heterocycles. The summed E-state index contributed by atoms with van der Waals surface area (Å²) in [6.07, 6.45) is 13.8. The number of unbranched alkanes of at least 4 members (excludes halogenated alkanes) is 10. The Morgan fingerprint density at radius 1 is 0.973 bits per heavy atom. The van der Waals surface area contributed by atoms with Crippen LogP contribution in [0.4, 0.5) is 0 Å². The van der Waals surface area contributed by atoms with Crippen molar-refractivity contribution in [1.82, 2.24) is 0 Å². The summed E-state index contributed by atoms with van der Waals surface area (Å²) in [5, 5.41) is 0. The number of fused-ring (bicyclic) bond motifs is 1. The molecule has 3 heterocycles. The standard InChI is InChI=1S/C29H48O8/c1-4-5-6-7-8-9-10-11-12-13-14-15-23(34-21(2)30)17-24-16-22(31)19-29(36-24)20-26-28(37-29)25(33-3)18-27(32)35-26/h23-26,28H,4-20H2,1-3H3. The lowest BCUT2D eigenvalue weighted by Gasteiger charge is -2.38. The number of hydrogen-bond acceptors (Lipinski definition) is 8. The van der Waals surface area contributed by atoms with Crippen molar-refractivity contribution in [1.29, 1.82) is 0 Å². The van der Waals surface area contributed by atoms with E-state index in [-0.39, 0.29) is 43.1 Å². The molecule has 8 heteroatoms. The molecule has 0 aliphatic carbocycles. The van der Waals surface area contributed by atoms with Gasteiger partial charge in [0.1, 0.15) is 24.1 Å². The Kier molecular flexibility index (Phi) is 12.3. The first-order chi connectivity index (χ1) is 17.8. The summed E-state index contributed by atoms with van der Waals surface area (Å²) in [5.41, 5.74) is 0. The van der Waals surface area contributed by atoms with Gasteiger partial charge in [-0.1, -0.05) is 71.1 Å². The van der Waals surface area contributed by atoms with Gasteiger partial charge in [-0.05, 0) is 12.8 Å². The number of esters is 2. The highest BCUT2D eigenvalue weighted by atomic mass is 16.7. The molecule has 6 unspecified atom stereocenters. The van der Waals surface area contributed by atoms with Crippen molar-refractivity contribution < 1.29 is 38.1 Å². The van der Waals surface area contributed by atoms with Crippen LogP contribution < -0.4 is 0 Å². The Morgan fingerprint density at radius 2 is 1.62 bits per heavy atom. The second-order valence-corrected chi connectivity index (χ2v) is 11.2. The van der Waals surface area contributed by atoms with Gasteiger partial charge in [-0.25, -0.2) is 0 Å². The Bertz CT molecular complexity index is 739. The van der Waals surface area contributed by atoms with E-state index in [9.17, 15) is 14.4 Å². The number of ketones is 1. The Labute approximate surface area is 222 Å². The molecule has 0 N–H and O–H groups in total. The number of carbonyl (C=O) groups is 3. The molecule has 0 amide bonds. The van der Waals surface area contributed by atoms with Crippen LogP contribution in [0.3, 0.4) is 0 Å². The van der Waals surface area contributed by atoms with Crippen LogP contribution in [0.15, 0.2) is 0 Å². The Hall–Kier alpha value is -1.51. The maximum Gasteiger partial charge on any atom is 0.308 e. The van der Waals surface area contributed by atoms with Gasteiger partial charge in [0.15, 0.2) is 5.79 Å². The third-order valence-corrected chi connectivity index (χ3v) is 7.84. The number of hydrogen-bond donors (Lipinski definition) is 0. The van der Waals surface area contributed by atoms with Crippen LogP contribution in [0.5, 0.6) is 0 Å². The molecule has 8 nitrogen and oxygen atoms in total. The van der Waals surface area contributed by atoms with Crippen molar-refractivity contribution in [3.63, 3.8) is 0 Å². The summed E-state index contributed by atoms with van der Waals surface area (Å²) >= 11 is 0. The molecule has 0 saturated carbocycles. The van der Waals surface area contributed by atoms with Gasteiger partial charge in [-0.15, -0.1) is 0 Å². The van der Waals surface area contributed by atoms with Crippen LogP contribution in [0.25, 0.3) is 0 Å². The quantitative estimate of drug-likeness (QED) is 0.191. The number of Topliss-reactive ketones (excluding diaryl/α,β-unsaturated/α-hetero) is 1. The molecule has 3 rings (SSSR count). The number of carbonyl (C=O) groups excluding carboxylic acids is 3. The maximum atomic E-state index is 12.7. The normalized spacial score (nSPS) is 30.2. The lowest BCUT2D eigenvalue weighted by atomic mass is 9.92. The summed E-state index contributed by atoms with van der Waals surface area (Å²) in [6, 6.07) is 0. The smallest absolute Gasteiger partial charge is 0.308 e. The van der Waals surface area contributed by atoms with Crippen LogP contribution in [0, 0.1) is 0 Å². The van der Waals surface area contributed by atoms with Crippen LogP contribution in [0.2, 0.25) is 0 Å². The summed E-state index contributed by atoms with van der Waals surface area (Å²) in [6.45, 7) is 3.67. The van der Waals surface area contributed by atoms with Crippen molar-refractivity contribution in [3.8, 4) is 0 Å². The van der Waals surface area contributed by atoms with Gasteiger partial charge in [-0.2, -0.15) is 0 Å². The molecule has 3 saturated heterocycles. The largest absolute Gasteiger partial charge is 0.462 e. The van der Waals surface area contributed by atoms with Gasteiger partial charge < -0.3 is 23.7 Å². The van der Waals surface area contributed by atoms with Crippen molar-refractivity contribution in [3.05, 3.63) is 0 Å². The third kappa shape index (κ3) is 9.63. The van der Waals surface area contributed by atoms with Gasteiger partial charge in [0, 0.05) is 33.3 Å². The molecule has 212 valence electrons. The van der Waals surface area contributed by atoms with Crippen molar-refractivity contribution in [2.45, 2.75) is 159 Å². The van der Waals surface area contributed by atoms with E-state index in [2.05, 4.69) is 6.92 Å². The average Bonchev–Trinajstić information content (AvgIpc) is 3.17. The van der Waals surface area contributed by atoms with Gasteiger partial charge in [0.2, 0.25) is 0 Å². The molecular weight excluding hydrogens is 476 g/mol. The Balaban J connectivity index is 1.43. The third-order valence-electron chi connectivity index (χ3n) is 7.84. The first kappa shape index (κ1) is 30.0. The van der Waals surface area contributed by atoms with E-state index >= 15 is 0 Å². The summed E-state index contributed by atoms with van der Waals surface area (Å²) in [4.78, 5) is 36.4. The van der Waals surface area contributed by atoms with E-state index in [1.807, 2.05) is 0 Å². The zero-order valence-corrected chi connectivity index (χ0v) is 23.2. The number of rotatable bonds is 16. The molecule has 3 aliphatic rings. The maximum absolute atomic E-state index is 12.7. The first-order valence-corrected chi connectivity index (χ1v) is 14.6. The molecule has 0 bridgehead atoms. The highest BCUT2D eigenvalue weighted by Gasteiger charge is 2.57. The van der Waals surface area contributed by atoms with Gasteiger partial charge >= 0.3 is 11.9 Å². The number of ether oxygens (including phenoxy) is 5. The highest BCUT2D eigenvalue weighted by Crippen LogP contribution is 2.44. The molecule has 6 atom stereocenters. The summed E-state index contributed by atoms with van der Waals surface area (Å²) in [5.74, 6) is -1.71. The van der Waals surface area contributed by atoms with E-state index in [0.717, 1.165) is 19.3 Å². The fraction of sp³-hybridized carbons (Fsp3) is 0.897. The summed E-state index contributed by atoms with van der Waals surface area (Å²) in [7, 11) is 1.54. The Morgan fingerprint density at radius 3 is 2.24 bits per heavy atom. The fourth-order valence-corrected chi connectivity index (χ4v) is 6.06. The topological polar surface area (TPSA) is 97.4 Å². The monoisotopic (exact) mass is 524 g/mol. The van der Waals surface area contributed by atoms with E-state index in [4.69, 9.17) is 23.7 Å².